The molecule has 3 aromatic rings. The van der Waals surface area contributed by atoms with Crippen molar-refractivity contribution in [2.75, 3.05) is 0 Å². The molecule has 2 unspecified atom stereocenters. The van der Waals surface area contributed by atoms with Gasteiger partial charge < -0.3 is 10.2 Å². The summed E-state index contributed by atoms with van der Waals surface area (Å²) in [6.07, 6.45) is 3.66. The maximum absolute atomic E-state index is 9.41. The zero-order chi connectivity index (χ0) is 18.8. The summed E-state index contributed by atoms with van der Waals surface area (Å²) in [5.74, 6) is 0.852. The van der Waals surface area contributed by atoms with E-state index in [-0.39, 0.29) is 38.2 Å². The Morgan fingerprint density at radius 1 is 0.929 bits per heavy atom. The Balaban J connectivity index is 0.000000175. The monoisotopic (exact) mass is 553 g/mol. The number of aliphatic hydroxyl groups is 2. The van der Waals surface area contributed by atoms with Gasteiger partial charge in [0, 0.05) is 31.4 Å². The first-order chi connectivity index (χ1) is 13.1. The second-order valence-electron chi connectivity index (χ2n) is 7.74. The number of aliphatic hydroxyl groups excluding tert-OH is 2. The van der Waals surface area contributed by atoms with Crippen LogP contribution >= 0.6 is 0 Å². The van der Waals surface area contributed by atoms with Crippen molar-refractivity contribution in [3.05, 3.63) is 66.2 Å². The molecule has 1 radical (unpaired) electrons. The molecule has 3 nitrogen and oxygen atoms in total. The van der Waals surface area contributed by atoms with Crippen LogP contribution in [0.1, 0.15) is 31.2 Å². The number of pyridine rings is 1. The Morgan fingerprint density at radius 2 is 1.61 bits per heavy atom. The van der Waals surface area contributed by atoms with Crippen LogP contribution in [0.3, 0.4) is 0 Å². The summed E-state index contributed by atoms with van der Waals surface area (Å²) in [7, 11) is 0. The molecule has 2 saturated carbocycles. The van der Waals surface area contributed by atoms with E-state index in [1.165, 1.54) is 10.9 Å². The predicted molar refractivity (Wildman–Crippen MR) is 108 cm³/mol. The first-order valence-corrected chi connectivity index (χ1v) is 9.83. The number of nitrogens with zero attached hydrogens (tertiary/aromatic N) is 1. The average molecular weight is 553 g/mol. The van der Waals surface area contributed by atoms with Crippen molar-refractivity contribution in [1.82, 2.24) is 4.98 Å². The molecule has 4 heteroatoms. The molecule has 2 N–H and O–H groups in total. The average Bonchev–Trinajstić information content (AvgIpc) is 3.26. The van der Waals surface area contributed by atoms with Crippen LogP contribution in [0.5, 0.6) is 0 Å². The van der Waals surface area contributed by atoms with Crippen LogP contribution in [-0.2, 0) is 20.1 Å². The van der Waals surface area contributed by atoms with E-state index in [0.29, 0.717) is 5.92 Å². The summed E-state index contributed by atoms with van der Waals surface area (Å²) < 4.78 is 0. The smallest absolute Gasteiger partial charge is 0.0597 e. The molecule has 5 rings (SSSR count). The molecule has 2 aliphatic rings. The van der Waals surface area contributed by atoms with Gasteiger partial charge in [-0.25, -0.2) is 0 Å². The SMILES string of the molecule is Cc1cc(-c2[c-]cccc2)nc2ccccc12.OC1CCC2CCC(O)C12.[Ir]. The van der Waals surface area contributed by atoms with Gasteiger partial charge in [0.2, 0.25) is 0 Å². The number of benzene rings is 2. The van der Waals surface area contributed by atoms with E-state index in [9.17, 15) is 10.2 Å². The van der Waals surface area contributed by atoms with Crippen LogP contribution in [0, 0.1) is 24.8 Å². The van der Waals surface area contributed by atoms with Crippen LogP contribution in [0.2, 0.25) is 0 Å². The molecule has 2 fully saturated rings. The van der Waals surface area contributed by atoms with Gasteiger partial charge in [-0.05, 0) is 55.8 Å². The number of fused-ring (bicyclic) bond motifs is 2. The third-order valence-electron chi connectivity index (χ3n) is 6.01. The van der Waals surface area contributed by atoms with Gasteiger partial charge in [0.25, 0.3) is 0 Å². The molecule has 28 heavy (non-hydrogen) atoms. The van der Waals surface area contributed by atoms with Crippen molar-refractivity contribution in [3.8, 4) is 11.3 Å². The molecule has 0 spiro atoms. The fourth-order valence-electron chi connectivity index (χ4n) is 4.61. The van der Waals surface area contributed by atoms with Gasteiger partial charge >= 0.3 is 0 Å². The zero-order valence-electron chi connectivity index (χ0n) is 16.0. The second kappa shape index (κ2) is 9.28. The maximum atomic E-state index is 9.41. The van der Waals surface area contributed by atoms with Gasteiger partial charge in [-0.15, -0.1) is 35.9 Å². The van der Waals surface area contributed by atoms with Gasteiger partial charge in [0.05, 0.1) is 17.7 Å². The Hall–Kier alpha value is -1.58. The minimum Gasteiger partial charge on any atom is -0.393 e. The Morgan fingerprint density at radius 3 is 2.25 bits per heavy atom. The van der Waals surface area contributed by atoms with E-state index in [2.05, 4.69) is 36.2 Å². The molecule has 0 amide bonds. The first kappa shape index (κ1) is 21.1. The van der Waals surface area contributed by atoms with Gasteiger partial charge in [0.15, 0.2) is 0 Å². The zero-order valence-corrected chi connectivity index (χ0v) is 18.4. The summed E-state index contributed by atoms with van der Waals surface area (Å²) in [5, 5.41) is 20.0. The molecule has 2 aromatic carbocycles. The van der Waals surface area contributed by atoms with Crippen LogP contribution in [0.15, 0.2) is 54.6 Å². The molecular formula is C24H26IrNO2-. The summed E-state index contributed by atoms with van der Waals surface area (Å²) >= 11 is 0. The Kier molecular flexibility index (Phi) is 7.00. The van der Waals surface area contributed by atoms with Gasteiger partial charge in [-0.2, -0.15) is 0 Å². The minimum atomic E-state index is -0.206. The van der Waals surface area contributed by atoms with Crippen molar-refractivity contribution >= 4 is 10.9 Å². The van der Waals surface area contributed by atoms with Crippen LogP contribution in [0.25, 0.3) is 22.2 Å². The molecule has 0 aliphatic heterocycles. The van der Waals surface area contributed by atoms with Crippen molar-refractivity contribution < 1.29 is 30.3 Å². The fourth-order valence-corrected chi connectivity index (χ4v) is 4.61. The predicted octanol–water partition coefficient (Wildman–Crippen LogP) is 4.54. The van der Waals surface area contributed by atoms with Crippen LogP contribution in [0.4, 0.5) is 0 Å². The fraction of sp³-hybridized carbons (Fsp3) is 0.375. The largest absolute Gasteiger partial charge is 0.393 e. The first-order valence-electron chi connectivity index (χ1n) is 9.83. The summed E-state index contributed by atoms with van der Waals surface area (Å²) in [4.78, 5) is 4.68. The summed E-state index contributed by atoms with van der Waals surface area (Å²) in [6, 6.07) is 21.5. The van der Waals surface area contributed by atoms with Crippen molar-refractivity contribution in [3.63, 3.8) is 0 Å². The molecule has 1 aromatic heterocycles. The van der Waals surface area contributed by atoms with E-state index >= 15 is 0 Å². The van der Waals surface area contributed by atoms with Crippen molar-refractivity contribution in [1.29, 1.82) is 0 Å². The number of aryl methyl sites for hydroxylation is 1. The Labute approximate surface area is 180 Å². The molecule has 149 valence electrons. The summed E-state index contributed by atoms with van der Waals surface area (Å²) in [6.45, 7) is 2.12. The molecular weight excluding hydrogens is 526 g/mol. The molecule has 0 bridgehead atoms. The van der Waals surface area contributed by atoms with E-state index < -0.39 is 0 Å². The van der Waals surface area contributed by atoms with E-state index in [4.69, 9.17) is 0 Å². The van der Waals surface area contributed by atoms with Gasteiger partial charge in [-0.3, -0.25) is 4.98 Å². The molecule has 1 heterocycles. The quantitative estimate of drug-likeness (QED) is 0.436. The number of para-hydroxylation sites is 1. The number of aromatic nitrogens is 1. The number of hydrogen-bond donors (Lipinski definition) is 2. The number of hydrogen-bond acceptors (Lipinski definition) is 3. The standard InChI is InChI=1S/C16H12N.C8H14O2.Ir/c1-12-11-16(13-7-3-2-4-8-13)17-15-10-6-5-9-14(12)15;9-6-3-1-5-2-4-7(10)8(5)6;/h2-7,9-11H,1H3;5-10H,1-4H2;/q-1;;. The molecule has 2 atom stereocenters. The van der Waals surface area contributed by atoms with Crippen LogP contribution in [-0.4, -0.2) is 27.4 Å². The normalized spacial score (nSPS) is 25.5. The maximum Gasteiger partial charge on any atom is 0.0597 e. The molecule has 0 saturated heterocycles. The van der Waals surface area contributed by atoms with Crippen molar-refractivity contribution in [2.24, 2.45) is 11.8 Å². The van der Waals surface area contributed by atoms with E-state index in [1.54, 1.807) is 0 Å². The molecule has 2 aliphatic carbocycles. The topological polar surface area (TPSA) is 53.4 Å². The third kappa shape index (κ3) is 4.36. The summed E-state index contributed by atoms with van der Waals surface area (Å²) in [5.41, 5.74) is 4.32. The number of rotatable bonds is 1. The van der Waals surface area contributed by atoms with E-state index in [0.717, 1.165) is 42.5 Å². The van der Waals surface area contributed by atoms with Gasteiger partial charge in [-0.1, -0.05) is 24.3 Å². The minimum absolute atomic E-state index is 0. The van der Waals surface area contributed by atoms with Gasteiger partial charge in [0.1, 0.15) is 0 Å². The third-order valence-corrected chi connectivity index (χ3v) is 6.01. The Bertz CT molecular complexity index is 901. The van der Waals surface area contributed by atoms with E-state index in [1.807, 2.05) is 36.4 Å². The van der Waals surface area contributed by atoms with Crippen LogP contribution < -0.4 is 0 Å². The van der Waals surface area contributed by atoms with Crippen molar-refractivity contribution in [2.45, 2.75) is 44.8 Å². The second-order valence-corrected chi connectivity index (χ2v) is 7.74.